The van der Waals surface area contributed by atoms with Gasteiger partial charge in [-0.1, -0.05) is 57.2 Å². The van der Waals surface area contributed by atoms with Crippen LogP contribution in [-0.2, 0) is 28.4 Å². The first kappa shape index (κ1) is 23.1. The molecule has 1 aliphatic rings. The Morgan fingerprint density at radius 3 is 2.27 bits per heavy atom. The number of sulfonamides is 1. The fraction of sp³-hybridized carbons (Fsp3) is 0.296. The van der Waals surface area contributed by atoms with Crippen LogP contribution in [0, 0.1) is 6.92 Å². The van der Waals surface area contributed by atoms with Crippen LogP contribution >= 0.6 is 0 Å². The number of rotatable bonds is 4. The summed E-state index contributed by atoms with van der Waals surface area (Å²) in [5, 5.41) is 0. The standard InChI is InChI=1S/C27H30N2O3S/c1-19-9-12-23(27(2,3)4)17-25(19)33(31,32)28-24-13-10-21(11-14-24)26(30)29-16-15-20-7-5-6-8-22(20)18-29/h5-14,17,28H,15-16,18H2,1-4H3. The molecule has 0 spiro atoms. The van der Waals surface area contributed by atoms with Gasteiger partial charge >= 0.3 is 0 Å². The number of fused-ring (bicyclic) bond motifs is 1. The number of benzene rings is 3. The van der Waals surface area contributed by atoms with Crippen molar-refractivity contribution in [3.05, 3.63) is 94.5 Å². The van der Waals surface area contributed by atoms with E-state index in [0.717, 1.165) is 12.0 Å². The van der Waals surface area contributed by atoms with Gasteiger partial charge in [-0.25, -0.2) is 8.42 Å². The van der Waals surface area contributed by atoms with Crippen molar-refractivity contribution in [1.82, 2.24) is 4.90 Å². The van der Waals surface area contributed by atoms with Crippen LogP contribution in [0.4, 0.5) is 5.69 Å². The second kappa shape index (κ2) is 8.67. The lowest BCUT2D eigenvalue weighted by Gasteiger charge is -2.29. The molecule has 0 radical (unpaired) electrons. The molecule has 0 aromatic heterocycles. The lowest BCUT2D eigenvalue weighted by atomic mass is 9.87. The number of amides is 1. The van der Waals surface area contributed by atoms with Gasteiger partial charge in [-0.3, -0.25) is 9.52 Å². The van der Waals surface area contributed by atoms with Gasteiger partial charge in [0, 0.05) is 24.3 Å². The second-order valence-corrected chi connectivity index (χ2v) is 11.3. The quantitative estimate of drug-likeness (QED) is 0.573. The number of hydrogen-bond acceptors (Lipinski definition) is 3. The van der Waals surface area contributed by atoms with Gasteiger partial charge in [-0.2, -0.15) is 0 Å². The van der Waals surface area contributed by atoms with Crippen LogP contribution in [0.15, 0.2) is 71.6 Å². The number of carbonyl (C=O) groups excluding carboxylic acids is 1. The zero-order valence-corrected chi connectivity index (χ0v) is 20.4. The SMILES string of the molecule is Cc1ccc(C(C)(C)C)cc1S(=O)(=O)Nc1ccc(C(=O)N2CCc3ccccc3C2)cc1. The molecule has 0 fully saturated rings. The average molecular weight is 463 g/mol. The van der Waals surface area contributed by atoms with E-state index in [-0.39, 0.29) is 16.2 Å². The molecule has 1 N–H and O–H groups in total. The predicted molar refractivity (Wildman–Crippen MR) is 132 cm³/mol. The van der Waals surface area contributed by atoms with Crippen LogP contribution in [0.5, 0.6) is 0 Å². The summed E-state index contributed by atoms with van der Waals surface area (Å²) in [5.41, 5.74) is 4.92. The minimum absolute atomic E-state index is 0.0485. The molecule has 5 nitrogen and oxygen atoms in total. The summed E-state index contributed by atoms with van der Waals surface area (Å²) in [4.78, 5) is 15.1. The fourth-order valence-electron chi connectivity index (χ4n) is 4.10. The van der Waals surface area contributed by atoms with E-state index in [1.165, 1.54) is 11.1 Å². The highest BCUT2D eigenvalue weighted by molar-refractivity contribution is 7.92. The van der Waals surface area contributed by atoms with Gasteiger partial charge in [0.15, 0.2) is 0 Å². The molecule has 0 bridgehead atoms. The fourth-order valence-corrected chi connectivity index (χ4v) is 5.43. The van der Waals surface area contributed by atoms with Gasteiger partial charge in [0.1, 0.15) is 0 Å². The molecular formula is C27H30N2O3S. The van der Waals surface area contributed by atoms with Crippen molar-refractivity contribution in [2.75, 3.05) is 11.3 Å². The molecule has 0 aliphatic carbocycles. The Kier molecular flexibility index (Phi) is 6.06. The normalized spacial score (nSPS) is 14.0. The van der Waals surface area contributed by atoms with E-state index in [1.807, 2.05) is 29.2 Å². The van der Waals surface area contributed by atoms with Crippen molar-refractivity contribution in [2.45, 2.75) is 51.0 Å². The molecule has 0 atom stereocenters. The molecule has 1 heterocycles. The first-order chi connectivity index (χ1) is 15.5. The van der Waals surface area contributed by atoms with Crippen LogP contribution in [-0.4, -0.2) is 25.8 Å². The molecule has 4 rings (SSSR count). The van der Waals surface area contributed by atoms with Crippen molar-refractivity contribution in [1.29, 1.82) is 0 Å². The van der Waals surface area contributed by atoms with Gasteiger partial charge < -0.3 is 4.90 Å². The van der Waals surface area contributed by atoms with Crippen LogP contribution in [0.1, 0.15) is 53.4 Å². The van der Waals surface area contributed by atoms with Gasteiger partial charge in [0.25, 0.3) is 15.9 Å². The van der Waals surface area contributed by atoms with Gasteiger partial charge in [0.2, 0.25) is 0 Å². The minimum atomic E-state index is -3.76. The summed E-state index contributed by atoms with van der Waals surface area (Å²) >= 11 is 0. The molecule has 172 valence electrons. The molecule has 0 saturated heterocycles. The maximum atomic E-state index is 13.1. The maximum absolute atomic E-state index is 13.1. The van der Waals surface area contributed by atoms with Crippen LogP contribution in [0.25, 0.3) is 0 Å². The van der Waals surface area contributed by atoms with Crippen molar-refractivity contribution in [3.63, 3.8) is 0 Å². The van der Waals surface area contributed by atoms with Crippen LogP contribution < -0.4 is 4.72 Å². The predicted octanol–water partition coefficient (Wildman–Crippen LogP) is 5.29. The van der Waals surface area contributed by atoms with E-state index < -0.39 is 10.0 Å². The van der Waals surface area contributed by atoms with Crippen molar-refractivity contribution < 1.29 is 13.2 Å². The van der Waals surface area contributed by atoms with Crippen molar-refractivity contribution in [2.24, 2.45) is 0 Å². The summed E-state index contributed by atoms with van der Waals surface area (Å²) < 4.78 is 28.9. The number of nitrogens with one attached hydrogen (secondary N) is 1. The molecule has 1 aliphatic heterocycles. The summed E-state index contributed by atoms with van der Waals surface area (Å²) in [5.74, 6) is -0.0485. The molecule has 0 unspecified atom stereocenters. The van der Waals surface area contributed by atoms with Crippen LogP contribution in [0.3, 0.4) is 0 Å². The number of anilines is 1. The Morgan fingerprint density at radius 1 is 0.939 bits per heavy atom. The third kappa shape index (κ3) is 4.96. The van der Waals surface area contributed by atoms with Crippen LogP contribution in [0.2, 0.25) is 0 Å². The van der Waals surface area contributed by atoms with Crippen molar-refractivity contribution >= 4 is 21.6 Å². The number of aryl methyl sites for hydroxylation is 1. The Bertz CT molecular complexity index is 1290. The van der Waals surface area contributed by atoms with E-state index >= 15 is 0 Å². The Balaban J connectivity index is 1.51. The summed E-state index contributed by atoms with van der Waals surface area (Å²) in [7, 11) is -3.76. The molecule has 6 heteroatoms. The highest BCUT2D eigenvalue weighted by Crippen LogP contribution is 2.28. The lowest BCUT2D eigenvalue weighted by Crippen LogP contribution is -2.35. The smallest absolute Gasteiger partial charge is 0.262 e. The number of nitrogens with zero attached hydrogens (tertiary/aromatic N) is 1. The van der Waals surface area contributed by atoms with E-state index in [0.29, 0.717) is 29.9 Å². The Hall–Kier alpha value is -3.12. The molecule has 3 aromatic carbocycles. The average Bonchev–Trinajstić information content (AvgIpc) is 2.78. The third-order valence-electron chi connectivity index (χ3n) is 6.15. The summed E-state index contributed by atoms with van der Waals surface area (Å²) in [6, 6.07) is 20.4. The number of hydrogen-bond donors (Lipinski definition) is 1. The van der Waals surface area contributed by atoms with Gasteiger partial charge in [0.05, 0.1) is 4.90 Å². The zero-order chi connectivity index (χ0) is 23.8. The van der Waals surface area contributed by atoms with E-state index in [9.17, 15) is 13.2 Å². The first-order valence-electron chi connectivity index (χ1n) is 11.1. The zero-order valence-electron chi connectivity index (χ0n) is 19.6. The van der Waals surface area contributed by atoms with Gasteiger partial charge in [-0.15, -0.1) is 0 Å². The second-order valence-electron chi connectivity index (χ2n) is 9.66. The molecule has 0 saturated carbocycles. The van der Waals surface area contributed by atoms with Crippen molar-refractivity contribution in [3.8, 4) is 0 Å². The molecule has 33 heavy (non-hydrogen) atoms. The Labute approximate surface area is 196 Å². The molecular weight excluding hydrogens is 432 g/mol. The van der Waals surface area contributed by atoms with E-state index in [2.05, 4.69) is 37.6 Å². The topological polar surface area (TPSA) is 66.5 Å². The highest BCUT2D eigenvalue weighted by Gasteiger charge is 2.23. The first-order valence-corrected chi connectivity index (χ1v) is 12.6. The molecule has 3 aromatic rings. The van der Waals surface area contributed by atoms with E-state index in [4.69, 9.17) is 0 Å². The summed E-state index contributed by atoms with van der Waals surface area (Å²) in [6.07, 6.45) is 0.840. The Morgan fingerprint density at radius 2 is 1.61 bits per heavy atom. The number of carbonyl (C=O) groups is 1. The molecule has 1 amide bonds. The lowest BCUT2D eigenvalue weighted by molar-refractivity contribution is 0.0734. The monoisotopic (exact) mass is 462 g/mol. The maximum Gasteiger partial charge on any atom is 0.262 e. The van der Waals surface area contributed by atoms with E-state index in [1.54, 1.807) is 37.3 Å². The highest BCUT2D eigenvalue weighted by atomic mass is 32.2. The largest absolute Gasteiger partial charge is 0.334 e. The van der Waals surface area contributed by atoms with Gasteiger partial charge in [-0.05, 0) is 71.3 Å². The third-order valence-corrected chi connectivity index (χ3v) is 7.67. The minimum Gasteiger partial charge on any atom is -0.334 e. The summed E-state index contributed by atoms with van der Waals surface area (Å²) in [6.45, 7) is 9.22.